The smallest absolute Gasteiger partial charge is 0.294 e. The third-order valence-corrected chi connectivity index (χ3v) is 3.50. The number of amidine groups is 1. The van der Waals surface area contributed by atoms with Crippen LogP contribution in [-0.4, -0.2) is 16.4 Å². The van der Waals surface area contributed by atoms with Gasteiger partial charge in [0.2, 0.25) is 0 Å². The normalized spacial score (nSPS) is 11.6. The summed E-state index contributed by atoms with van der Waals surface area (Å²) >= 11 is 0. The molecule has 1 aromatic carbocycles. The van der Waals surface area contributed by atoms with E-state index in [-0.39, 0.29) is 17.5 Å². The van der Waals surface area contributed by atoms with Gasteiger partial charge in [-0.15, -0.1) is 0 Å². The number of rotatable bonds is 5. The Kier molecular flexibility index (Phi) is 5.92. The zero-order chi connectivity index (χ0) is 19.4. The molecular formula is C19H21F2N3O2. The largest absolute Gasteiger partial charge is 0.448 e. The van der Waals surface area contributed by atoms with E-state index in [9.17, 15) is 13.6 Å². The van der Waals surface area contributed by atoms with E-state index in [0.717, 1.165) is 12.1 Å². The molecule has 0 saturated heterocycles. The van der Waals surface area contributed by atoms with E-state index in [1.807, 2.05) is 13.8 Å². The van der Waals surface area contributed by atoms with Crippen LogP contribution in [-0.2, 0) is 7.05 Å². The van der Waals surface area contributed by atoms with E-state index >= 15 is 0 Å². The van der Waals surface area contributed by atoms with Gasteiger partial charge < -0.3 is 10.1 Å². The molecule has 0 saturated carbocycles. The van der Waals surface area contributed by atoms with E-state index in [4.69, 9.17) is 4.74 Å². The summed E-state index contributed by atoms with van der Waals surface area (Å²) in [6.07, 6.45) is 1.54. The molecule has 1 heterocycles. The summed E-state index contributed by atoms with van der Waals surface area (Å²) in [5.74, 6) is -0.841. The van der Waals surface area contributed by atoms with Crippen LogP contribution in [0, 0.1) is 11.6 Å². The van der Waals surface area contributed by atoms with E-state index in [2.05, 4.69) is 16.9 Å². The van der Waals surface area contributed by atoms with Gasteiger partial charge in [-0.05, 0) is 39.0 Å². The number of halogens is 2. The summed E-state index contributed by atoms with van der Waals surface area (Å²) in [6.45, 7) is 9.40. The molecule has 0 aliphatic carbocycles. The summed E-state index contributed by atoms with van der Waals surface area (Å²) in [6, 6.07) is 4.41. The Morgan fingerprint density at radius 1 is 1.31 bits per heavy atom. The van der Waals surface area contributed by atoms with Crippen molar-refractivity contribution < 1.29 is 13.5 Å². The average Bonchev–Trinajstić information content (AvgIpc) is 2.55. The van der Waals surface area contributed by atoms with Crippen molar-refractivity contribution in [3.63, 3.8) is 0 Å². The van der Waals surface area contributed by atoms with Crippen molar-refractivity contribution >= 4 is 17.7 Å². The SMILES string of the molecule is C=Cc1cc(Oc2ccc(F)cc2F)c(=O)n(C)c1NC(C)=NC(C)C. The van der Waals surface area contributed by atoms with Gasteiger partial charge in [0.1, 0.15) is 11.6 Å². The van der Waals surface area contributed by atoms with Gasteiger partial charge in [-0.3, -0.25) is 14.4 Å². The number of benzene rings is 1. The molecule has 5 nitrogen and oxygen atoms in total. The predicted octanol–water partition coefficient (Wildman–Crippen LogP) is 4.34. The van der Waals surface area contributed by atoms with Gasteiger partial charge in [-0.1, -0.05) is 12.7 Å². The van der Waals surface area contributed by atoms with Gasteiger partial charge in [0.25, 0.3) is 5.56 Å². The van der Waals surface area contributed by atoms with Gasteiger partial charge >= 0.3 is 0 Å². The highest BCUT2D eigenvalue weighted by atomic mass is 19.1. The quantitative estimate of drug-likeness (QED) is 0.637. The maximum atomic E-state index is 13.8. The van der Waals surface area contributed by atoms with Crippen LogP contribution < -0.4 is 15.6 Å². The van der Waals surface area contributed by atoms with Gasteiger partial charge in [0.05, 0.1) is 5.84 Å². The van der Waals surface area contributed by atoms with E-state index < -0.39 is 17.2 Å². The molecule has 0 aliphatic rings. The lowest BCUT2D eigenvalue weighted by Crippen LogP contribution is -2.24. The Bertz CT molecular complexity index is 918. The van der Waals surface area contributed by atoms with Crippen molar-refractivity contribution in [3.05, 3.63) is 58.4 Å². The lowest BCUT2D eigenvalue weighted by Gasteiger charge is -2.16. The number of hydrogen-bond acceptors (Lipinski definition) is 3. The Balaban J connectivity index is 2.46. The molecule has 0 unspecified atom stereocenters. The van der Waals surface area contributed by atoms with Crippen LogP contribution in [0.3, 0.4) is 0 Å². The summed E-state index contributed by atoms with van der Waals surface area (Å²) in [5.41, 5.74) is 0.0853. The highest BCUT2D eigenvalue weighted by Crippen LogP contribution is 2.26. The summed E-state index contributed by atoms with van der Waals surface area (Å²) in [5, 5.41) is 3.07. The number of ether oxygens (including phenoxy) is 1. The van der Waals surface area contributed by atoms with Gasteiger partial charge in [-0.2, -0.15) is 0 Å². The molecule has 1 N–H and O–H groups in total. The predicted molar refractivity (Wildman–Crippen MR) is 100 cm³/mol. The van der Waals surface area contributed by atoms with Crippen molar-refractivity contribution in [3.8, 4) is 11.5 Å². The molecular weight excluding hydrogens is 340 g/mol. The molecule has 0 atom stereocenters. The number of aromatic nitrogens is 1. The standard InChI is InChI=1S/C19H21F2N3O2/c1-6-13-9-17(26-16-8-7-14(20)10-15(16)21)19(25)24(5)18(13)23-12(4)22-11(2)3/h6-11H,1H2,2-5H3,(H,22,23). The van der Waals surface area contributed by atoms with Gasteiger partial charge in [0, 0.05) is 24.7 Å². The molecule has 0 radical (unpaired) electrons. The van der Waals surface area contributed by atoms with Crippen LogP contribution >= 0.6 is 0 Å². The number of pyridine rings is 1. The lowest BCUT2D eigenvalue weighted by atomic mass is 10.2. The minimum Gasteiger partial charge on any atom is -0.448 e. The van der Waals surface area contributed by atoms with Crippen molar-refractivity contribution in [2.75, 3.05) is 5.32 Å². The fraction of sp³-hybridized carbons (Fsp3) is 0.263. The van der Waals surface area contributed by atoms with Crippen LogP contribution in [0.15, 0.2) is 40.6 Å². The summed E-state index contributed by atoms with van der Waals surface area (Å²) in [4.78, 5) is 16.9. The fourth-order valence-corrected chi connectivity index (χ4v) is 2.38. The first kappa shape index (κ1) is 19.4. The number of aliphatic imine (C=N–C) groups is 1. The maximum Gasteiger partial charge on any atom is 0.294 e. The number of anilines is 1. The maximum absolute atomic E-state index is 13.8. The minimum atomic E-state index is -0.894. The summed E-state index contributed by atoms with van der Waals surface area (Å²) in [7, 11) is 1.55. The van der Waals surface area contributed by atoms with E-state index in [0.29, 0.717) is 23.3 Å². The van der Waals surface area contributed by atoms with E-state index in [1.54, 1.807) is 14.0 Å². The first-order chi connectivity index (χ1) is 12.2. The summed E-state index contributed by atoms with van der Waals surface area (Å²) < 4.78 is 33.5. The molecule has 0 amide bonds. The molecule has 0 bridgehead atoms. The number of nitrogens with zero attached hydrogens (tertiary/aromatic N) is 2. The molecule has 138 valence electrons. The molecule has 7 heteroatoms. The molecule has 2 aromatic rings. The fourth-order valence-electron chi connectivity index (χ4n) is 2.38. The van der Waals surface area contributed by atoms with Crippen molar-refractivity contribution in [1.82, 2.24) is 4.57 Å². The van der Waals surface area contributed by atoms with Crippen LogP contribution in [0.4, 0.5) is 14.6 Å². The van der Waals surface area contributed by atoms with Crippen molar-refractivity contribution in [1.29, 1.82) is 0 Å². The number of nitrogens with one attached hydrogen (secondary N) is 1. The highest BCUT2D eigenvalue weighted by Gasteiger charge is 2.15. The first-order valence-corrected chi connectivity index (χ1v) is 8.03. The van der Waals surface area contributed by atoms with Crippen molar-refractivity contribution in [2.24, 2.45) is 12.0 Å². The van der Waals surface area contributed by atoms with Crippen LogP contribution in [0.5, 0.6) is 11.5 Å². The Hall–Kier alpha value is -2.96. The molecule has 26 heavy (non-hydrogen) atoms. The third kappa shape index (κ3) is 4.36. The Morgan fingerprint density at radius 3 is 2.58 bits per heavy atom. The molecule has 0 fully saturated rings. The van der Waals surface area contributed by atoms with E-state index in [1.165, 1.54) is 16.7 Å². The second-order valence-corrected chi connectivity index (χ2v) is 5.99. The van der Waals surface area contributed by atoms with Gasteiger partial charge in [-0.25, -0.2) is 8.78 Å². The first-order valence-electron chi connectivity index (χ1n) is 8.03. The van der Waals surface area contributed by atoms with Crippen LogP contribution in [0.25, 0.3) is 6.08 Å². The third-order valence-electron chi connectivity index (χ3n) is 3.50. The molecule has 1 aromatic heterocycles. The monoisotopic (exact) mass is 361 g/mol. The minimum absolute atomic E-state index is 0.0933. The second kappa shape index (κ2) is 7.95. The zero-order valence-corrected chi connectivity index (χ0v) is 15.1. The number of hydrogen-bond donors (Lipinski definition) is 1. The van der Waals surface area contributed by atoms with Crippen LogP contribution in [0.1, 0.15) is 26.3 Å². The molecule has 0 aliphatic heterocycles. The second-order valence-electron chi connectivity index (χ2n) is 5.99. The molecule has 0 spiro atoms. The van der Waals surface area contributed by atoms with Crippen molar-refractivity contribution in [2.45, 2.75) is 26.8 Å². The Morgan fingerprint density at radius 2 is 2.00 bits per heavy atom. The van der Waals surface area contributed by atoms with Gasteiger partial charge in [0.15, 0.2) is 17.3 Å². The average molecular weight is 361 g/mol. The topological polar surface area (TPSA) is 55.6 Å². The van der Waals surface area contributed by atoms with Crippen LogP contribution in [0.2, 0.25) is 0 Å². The Labute approximate surface area is 150 Å². The molecule has 2 rings (SSSR count). The highest BCUT2D eigenvalue weighted by molar-refractivity contribution is 5.94. The lowest BCUT2D eigenvalue weighted by molar-refractivity contribution is 0.429. The zero-order valence-electron chi connectivity index (χ0n) is 15.1.